The van der Waals surface area contributed by atoms with Gasteiger partial charge in [-0.3, -0.25) is 0 Å². The monoisotopic (exact) mass is 218 g/mol. The van der Waals surface area contributed by atoms with E-state index in [1.54, 1.807) is 6.20 Å². The Labute approximate surface area is 93.2 Å². The highest BCUT2D eigenvalue weighted by Crippen LogP contribution is 2.16. The van der Waals surface area contributed by atoms with E-state index in [1.807, 2.05) is 12.1 Å². The molecule has 0 aromatic carbocycles. The van der Waals surface area contributed by atoms with Crippen molar-refractivity contribution < 1.29 is 4.74 Å². The van der Waals surface area contributed by atoms with Crippen molar-refractivity contribution in [3.8, 4) is 6.01 Å². The first-order chi connectivity index (χ1) is 7.92. The Morgan fingerprint density at radius 2 is 2.19 bits per heavy atom. The maximum absolute atomic E-state index is 5.79. The smallest absolute Gasteiger partial charge is 0.296 e. The van der Waals surface area contributed by atoms with Crippen LogP contribution in [0.4, 0.5) is 0 Å². The number of fused-ring (bicyclic) bond motifs is 1. The molecule has 84 valence electrons. The first kappa shape index (κ1) is 9.59. The largest absolute Gasteiger partial charge is 0.461 e. The summed E-state index contributed by atoms with van der Waals surface area (Å²) in [4.78, 5) is 11.6. The van der Waals surface area contributed by atoms with E-state index in [0.717, 1.165) is 31.4 Å². The van der Waals surface area contributed by atoms with Crippen molar-refractivity contribution in [1.82, 2.24) is 20.3 Å². The Morgan fingerprint density at radius 3 is 3.00 bits per heavy atom. The Morgan fingerprint density at radius 1 is 1.31 bits per heavy atom. The van der Waals surface area contributed by atoms with Crippen LogP contribution in [0, 0.1) is 0 Å². The third kappa shape index (κ3) is 1.86. The third-order valence-corrected chi connectivity index (χ3v) is 2.80. The minimum absolute atomic E-state index is 0.266. The van der Waals surface area contributed by atoms with Gasteiger partial charge in [-0.25, -0.2) is 4.98 Å². The molecule has 1 aliphatic heterocycles. The van der Waals surface area contributed by atoms with Crippen molar-refractivity contribution in [3.05, 3.63) is 18.3 Å². The molecule has 16 heavy (non-hydrogen) atoms. The molecule has 1 aliphatic rings. The first-order valence-electron chi connectivity index (χ1n) is 5.60. The molecular weight excluding hydrogens is 204 g/mol. The molecule has 5 nitrogen and oxygen atoms in total. The van der Waals surface area contributed by atoms with Gasteiger partial charge in [0.1, 0.15) is 6.10 Å². The van der Waals surface area contributed by atoms with Gasteiger partial charge in [-0.15, -0.1) is 0 Å². The quantitative estimate of drug-likeness (QED) is 0.792. The van der Waals surface area contributed by atoms with Crippen molar-refractivity contribution in [2.45, 2.75) is 18.9 Å². The number of hydrogen-bond acceptors (Lipinski definition) is 4. The highest BCUT2D eigenvalue weighted by molar-refractivity contribution is 5.70. The Bertz CT molecular complexity index is 443. The Hall–Kier alpha value is -1.62. The molecule has 2 aromatic rings. The molecule has 2 N–H and O–H groups in total. The van der Waals surface area contributed by atoms with Gasteiger partial charge in [0.2, 0.25) is 0 Å². The lowest BCUT2D eigenvalue weighted by molar-refractivity contribution is 0.151. The lowest BCUT2D eigenvalue weighted by atomic mass is 10.1. The topological polar surface area (TPSA) is 62.8 Å². The fourth-order valence-electron chi connectivity index (χ4n) is 1.95. The standard InChI is InChI=1S/C11H14N4O/c1-2-9-10(13-5-1)15-11(14-9)16-8-3-6-12-7-4-8/h1-2,5,8,12H,3-4,6-7H2,(H,13,14,15). The average molecular weight is 218 g/mol. The number of H-pyrrole nitrogens is 1. The molecule has 1 saturated heterocycles. The lowest BCUT2D eigenvalue weighted by Crippen LogP contribution is -2.34. The number of ether oxygens (including phenoxy) is 1. The van der Waals surface area contributed by atoms with Gasteiger partial charge in [-0.1, -0.05) is 0 Å². The van der Waals surface area contributed by atoms with Crippen LogP contribution in [0.25, 0.3) is 11.2 Å². The zero-order chi connectivity index (χ0) is 10.8. The van der Waals surface area contributed by atoms with Crippen molar-refractivity contribution in [2.75, 3.05) is 13.1 Å². The van der Waals surface area contributed by atoms with Gasteiger partial charge in [0.25, 0.3) is 6.01 Å². The summed E-state index contributed by atoms with van der Waals surface area (Å²) < 4.78 is 5.79. The normalized spacial score (nSPS) is 17.8. The number of nitrogens with one attached hydrogen (secondary N) is 2. The van der Waals surface area contributed by atoms with Gasteiger partial charge >= 0.3 is 0 Å². The van der Waals surface area contributed by atoms with E-state index in [-0.39, 0.29) is 6.10 Å². The summed E-state index contributed by atoms with van der Waals surface area (Å²) in [7, 11) is 0. The van der Waals surface area contributed by atoms with Crippen LogP contribution in [0.15, 0.2) is 18.3 Å². The second-order valence-electron chi connectivity index (χ2n) is 3.98. The number of pyridine rings is 1. The molecule has 5 heteroatoms. The highest BCUT2D eigenvalue weighted by Gasteiger charge is 2.16. The predicted molar refractivity (Wildman–Crippen MR) is 60.4 cm³/mol. The molecule has 0 saturated carbocycles. The molecule has 0 spiro atoms. The highest BCUT2D eigenvalue weighted by atomic mass is 16.5. The number of aromatic nitrogens is 3. The van der Waals surface area contributed by atoms with Gasteiger partial charge < -0.3 is 15.0 Å². The molecule has 0 atom stereocenters. The lowest BCUT2D eigenvalue weighted by Gasteiger charge is -2.22. The van der Waals surface area contributed by atoms with Gasteiger partial charge in [-0.2, -0.15) is 4.98 Å². The van der Waals surface area contributed by atoms with Crippen molar-refractivity contribution in [3.63, 3.8) is 0 Å². The van der Waals surface area contributed by atoms with E-state index in [0.29, 0.717) is 11.7 Å². The maximum Gasteiger partial charge on any atom is 0.296 e. The summed E-state index contributed by atoms with van der Waals surface area (Å²) in [6.45, 7) is 2.03. The van der Waals surface area contributed by atoms with Crippen LogP contribution in [0.2, 0.25) is 0 Å². The summed E-state index contributed by atoms with van der Waals surface area (Å²) in [6, 6.07) is 4.42. The number of hydrogen-bond donors (Lipinski definition) is 2. The molecule has 0 amide bonds. The Balaban J connectivity index is 1.78. The van der Waals surface area contributed by atoms with Gasteiger partial charge in [-0.05, 0) is 38.1 Å². The molecule has 0 bridgehead atoms. The van der Waals surface area contributed by atoms with Crippen LogP contribution >= 0.6 is 0 Å². The van der Waals surface area contributed by atoms with Crippen LogP contribution < -0.4 is 10.1 Å². The predicted octanol–water partition coefficient (Wildman–Crippen LogP) is 1.09. The van der Waals surface area contributed by atoms with E-state index in [1.165, 1.54) is 0 Å². The fraction of sp³-hybridized carbons (Fsp3) is 0.455. The molecule has 3 rings (SSSR count). The van der Waals surface area contributed by atoms with Crippen LogP contribution in [0.5, 0.6) is 6.01 Å². The molecule has 0 aliphatic carbocycles. The third-order valence-electron chi connectivity index (χ3n) is 2.80. The molecular formula is C11H14N4O. The zero-order valence-electron chi connectivity index (χ0n) is 8.94. The van der Waals surface area contributed by atoms with E-state index < -0.39 is 0 Å². The number of nitrogens with zero attached hydrogens (tertiary/aromatic N) is 2. The minimum Gasteiger partial charge on any atom is -0.461 e. The maximum atomic E-state index is 5.79. The van der Waals surface area contributed by atoms with Crippen LogP contribution in [0.3, 0.4) is 0 Å². The molecule has 1 fully saturated rings. The van der Waals surface area contributed by atoms with Gasteiger partial charge in [0.15, 0.2) is 5.65 Å². The van der Waals surface area contributed by atoms with Crippen LogP contribution in [-0.2, 0) is 0 Å². The molecule has 0 radical (unpaired) electrons. The minimum atomic E-state index is 0.266. The van der Waals surface area contributed by atoms with E-state index in [2.05, 4.69) is 20.3 Å². The summed E-state index contributed by atoms with van der Waals surface area (Å²) in [5.74, 6) is 0. The number of imidazole rings is 1. The fourth-order valence-corrected chi connectivity index (χ4v) is 1.95. The number of aromatic amines is 1. The summed E-state index contributed by atoms with van der Waals surface area (Å²) in [5, 5.41) is 3.30. The summed E-state index contributed by atoms with van der Waals surface area (Å²) in [5.41, 5.74) is 1.64. The van der Waals surface area contributed by atoms with Crippen LogP contribution in [0.1, 0.15) is 12.8 Å². The van der Waals surface area contributed by atoms with Crippen LogP contribution in [-0.4, -0.2) is 34.1 Å². The summed E-state index contributed by atoms with van der Waals surface area (Å²) in [6.07, 6.45) is 4.06. The molecule has 3 heterocycles. The first-order valence-corrected chi connectivity index (χ1v) is 5.60. The van der Waals surface area contributed by atoms with Crippen molar-refractivity contribution in [1.29, 1.82) is 0 Å². The number of rotatable bonds is 2. The zero-order valence-corrected chi connectivity index (χ0v) is 8.94. The number of piperidine rings is 1. The van der Waals surface area contributed by atoms with E-state index in [9.17, 15) is 0 Å². The average Bonchev–Trinajstić information content (AvgIpc) is 2.72. The van der Waals surface area contributed by atoms with E-state index >= 15 is 0 Å². The van der Waals surface area contributed by atoms with Crippen molar-refractivity contribution in [2.24, 2.45) is 0 Å². The van der Waals surface area contributed by atoms with Gasteiger partial charge in [0.05, 0.1) is 5.52 Å². The molecule has 2 aromatic heterocycles. The van der Waals surface area contributed by atoms with E-state index in [4.69, 9.17) is 4.74 Å². The summed E-state index contributed by atoms with van der Waals surface area (Å²) >= 11 is 0. The molecule has 0 unspecified atom stereocenters. The van der Waals surface area contributed by atoms with Gasteiger partial charge in [0, 0.05) is 6.20 Å². The second-order valence-corrected chi connectivity index (χ2v) is 3.98. The van der Waals surface area contributed by atoms with Crippen molar-refractivity contribution >= 4 is 11.2 Å². The second kappa shape index (κ2) is 4.09. The SMILES string of the molecule is c1cnc2nc(OC3CCNCC3)[nH]c2c1. The Kier molecular flexibility index (Phi) is 2.46.